The molecule has 8 aromatic rings. The highest BCUT2D eigenvalue weighted by Crippen LogP contribution is 2.54. The van der Waals surface area contributed by atoms with Gasteiger partial charge in [-0.05, 0) is 134 Å². The molecule has 1 heteroatoms. The lowest BCUT2D eigenvalue weighted by molar-refractivity contribution is 0.660. The van der Waals surface area contributed by atoms with Gasteiger partial charge in [0.2, 0.25) is 0 Å². The average molecular weight is 734 g/mol. The molecule has 276 valence electrons. The molecule has 0 N–H and O–H groups in total. The number of aryl methyl sites for hydroxylation is 2. The SMILES string of the molecule is Cc1ccccc1-c1cc(-c2ccc(-c3ccccc3)cc2)cc(C)c1N(c1ccc2c(c1)C(C)(C)c1ccccc1-2)c1ccc2c(c1)C(C)(C)c1ccccc1-2. The molecule has 2 aliphatic rings. The van der Waals surface area contributed by atoms with Crippen molar-refractivity contribution < 1.29 is 0 Å². The second-order valence-corrected chi connectivity index (χ2v) is 17.1. The third kappa shape index (κ3) is 5.52. The first-order valence-electron chi connectivity index (χ1n) is 20.3. The maximum Gasteiger partial charge on any atom is 0.0569 e. The number of rotatable bonds is 6. The van der Waals surface area contributed by atoms with E-state index < -0.39 is 0 Å². The van der Waals surface area contributed by atoms with Gasteiger partial charge in [0.1, 0.15) is 0 Å². The second-order valence-electron chi connectivity index (χ2n) is 17.1. The van der Waals surface area contributed by atoms with Crippen LogP contribution in [0.15, 0.2) is 176 Å². The zero-order valence-corrected chi connectivity index (χ0v) is 33.7. The van der Waals surface area contributed by atoms with Crippen molar-refractivity contribution in [3.05, 3.63) is 209 Å². The van der Waals surface area contributed by atoms with Crippen LogP contribution >= 0.6 is 0 Å². The van der Waals surface area contributed by atoms with E-state index in [1.807, 2.05) is 0 Å². The first kappa shape index (κ1) is 35.0. The standard InChI is InChI=1S/C56H47N/c1-36-16-10-11-19-44(36)49-33-41(40-26-24-39(25-27-40)38-17-8-7-9-18-38)32-37(2)54(49)57(42-28-30-47-45-20-12-14-22-50(45)55(3,4)52(47)34-42)43-29-31-48-46-21-13-15-23-51(46)56(5,6)53(48)35-43/h7-35H,1-6H3. The van der Waals surface area contributed by atoms with Crippen LogP contribution in [0.25, 0.3) is 55.6 Å². The Morgan fingerprint density at radius 2 is 0.754 bits per heavy atom. The van der Waals surface area contributed by atoms with Gasteiger partial charge in [0.15, 0.2) is 0 Å². The predicted molar refractivity (Wildman–Crippen MR) is 242 cm³/mol. The van der Waals surface area contributed by atoms with Crippen LogP contribution in [-0.2, 0) is 10.8 Å². The maximum atomic E-state index is 2.55. The molecule has 1 nitrogen and oxygen atoms in total. The van der Waals surface area contributed by atoms with Crippen molar-refractivity contribution in [2.45, 2.75) is 52.4 Å². The van der Waals surface area contributed by atoms with Crippen molar-refractivity contribution >= 4 is 17.1 Å². The van der Waals surface area contributed by atoms with E-state index in [1.165, 1.54) is 106 Å². The highest BCUT2D eigenvalue weighted by atomic mass is 15.1. The summed E-state index contributed by atoms with van der Waals surface area (Å²) >= 11 is 0. The minimum atomic E-state index is -0.126. The molecule has 0 unspecified atom stereocenters. The molecule has 57 heavy (non-hydrogen) atoms. The quantitative estimate of drug-likeness (QED) is 0.164. The van der Waals surface area contributed by atoms with Crippen LogP contribution in [0, 0.1) is 13.8 Å². The van der Waals surface area contributed by atoms with Crippen molar-refractivity contribution in [2.75, 3.05) is 4.90 Å². The lowest BCUT2D eigenvalue weighted by Crippen LogP contribution is -2.19. The van der Waals surface area contributed by atoms with Gasteiger partial charge in [0.25, 0.3) is 0 Å². The maximum absolute atomic E-state index is 2.55. The van der Waals surface area contributed by atoms with Gasteiger partial charge in [-0.15, -0.1) is 0 Å². The van der Waals surface area contributed by atoms with Crippen molar-refractivity contribution in [1.29, 1.82) is 0 Å². The molecule has 0 fully saturated rings. The molecule has 0 radical (unpaired) electrons. The van der Waals surface area contributed by atoms with Gasteiger partial charge in [-0.3, -0.25) is 0 Å². The lowest BCUT2D eigenvalue weighted by atomic mass is 9.82. The Hall–Kier alpha value is -6.44. The van der Waals surface area contributed by atoms with Crippen LogP contribution in [0.5, 0.6) is 0 Å². The van der Waals surface area contributed by atoms with Crippen LogP contribution in [-0.4, -0.2) is 0 Å². The molecule has 0 saturated carbocycles. The number of hydrogen-bond acceptors (Lipinski definition) is 1. The third-order valence-electron chi connectivity index (χ3n) is 12.9. The van der Waals surface area contributed by atoms with E-state index in [2.05, 4.69) is 222 Å². The van der Waals surface area contributed by atoms with Crippen LogP contribution < -0.4 is 4.90 Å². The average Bonchev–Trinajstić information content (AvgIpc) is 3.61. The van der Waals surface area contributed by atoms with Crippen molar-refractivity contribution in [3.8, 4) is 55.6 Å². The normalized spacial score (nSPS) is 14.1. The fourth-order valence-corrected chi connectivity index (χ4v) is 9.88. The van der Waals surface area contributed by atoms with E-state index in [-0.39, 0.29) is 10.8 Å². The number of benzene rings is 8. The van der Waals surface area contributed by atoms with Crippen molar-refractivity contribution in [3.63, 3.8) is 0 Å². The van der Waals surface area contributed by atoms with Gasteiger partial charge < -0.3 is 4.90 Å². The summed E-state index contributed by atoms with van der Waals surface area (Å²) in [5.41, 5.74) is 24.0. The van der Waals surface area contributed by atoms with Gasteiger partial charge in [0, 0.05) is 27.8 Å². The highest BCUT2D eigenvalue weighted by molar-refractivity contribution is 5.96. The molecular formula is C56H47N. The largest absolute Gasteiger partial charge is 0.310 e. The van der Waals surface area contributed by atoms with E-state index in [0.29, 0.717) is 0 Å². The Labute approximate surface area is 337 Å². The summed E-state index contributed by atoms with van der Waals surface area (Å²) in [4.78, 5) is 2.55. The molecule has 8 aromatic carbocycles. The van der Waals surface area contributed by atoms with Crippen LogP contribution in [0.3, 0.4) is 0 Å². The van der Waals surface area contributed by atoms with Crippen molar-refractivity contribution in [2.24, 2.45) is 0 Å². The fraction of sp³-hybridized carbons (Fsp3) is 0.143. The van der Waals surface area contributed by atoms with Crippen LogP contribution in [0.1, 0.15) is 61.1 Å². The molecule has 0 aromatic heterocycles. The van der Waals surface area contributed by atoms with E-state index in [1.54, 1.807) is 0 Å². The number of nitrogens with zero attached hydrogens (tertiary/aromatic N) is 1. The summed E-state index contributed by atoms with van der Waals surface area (Å²) < 4.78 is 0. The molecule has 0 aliphatic heterocycles. The van der Waals surface area contributed by atoms with Gasteiger partial charge in [0.05, 0.1) is 5.69 Å². The summed E-state index contributed by atoms with van der Waals surface area (Å²) in [6.07, 6.45) is 0. The van der Waals surface area contributed by atoms with E-state index in [0.717, 1.165) is 0 Å². The molecule has 0 spiro atoms. The van der Waals surface area contributed by atoms with Gasteiger partial charge in [-0.2, -0.15) is 0 Å². The number of hydrogen-bond donors (Lipinski definition) is 0. The van der Waals surface area contributed by atoms with Crippen LogP contribution in [0.4, 0.5) is 17.1 Å². The summed E-state index contributed by atoms with van der Waals surface area (Å²) in [7, 11) is 0. The predicted octanol–water partition coefficient (Wildman–Crippen LogP) is 15.4. The smallest absolute Gasteiger partial charge is 0.0569 e. The second kappa shape index (κ2) is 13.1. The molecule has 0 bridgehead atoms. The zero-order valence-electron chi connectivity index (χ0n) is 33.7. The molecule has 0 atom stereocenters. The van der Waals surface area contributed by atoms with Gasteiger partial charge >= 0.3 is 0 Å². The monoisotopic (exact) mass is 733 g/mol. The van der Waals surface area contributed by atoms with E-state index in [4.69, 9.17) is 0 Å². The minimum Gasteiger partial charge on any atom is -0.310 e. The summed E-state index contributed by atoms with van der Waals surface area (Å²) in [6, 6.07) is 65.6. The fourth-order valence-electron chi connectivity index (χ4n) is 9.88. The first-order valence-corrected chi connectivity index (χ1v) is 20.3. The Morgan fingerprint density at radius 1 is 0.316 bits per heavy atom. The van der Waals surface area contributed by atoms with Crippen molar-refractivity contribution in [1.82, 2.24) is 0 Å². The number of fused-ring (bicyclic) bond motifs is 6. The zero-order chi connectivity index (χ0) is 39.1. The molecule has 10 rings (SSSR count). The van der Waals surface area contributed by atoms with Crippen LogP contribution in [0.2, 0.25) is 0 Å². The van der Waals surface area contributed by atoms with Gasteiger partial charge in [-0.1, -0.05) is 167 Å². The lowest BCUT2D eigenvalue weighted by Gasteiger charge is -2.33. The third-order valence-corrected chi connectivity index (χ3v) is 12.9. The summed E-state index contributed by atoms with van der Waals surface area (Å²) in [5, 5.41) is 0. The summed E-state index contributed by atoms with van der Waals surface area (Å²) in [5.74, 6) is 0. The Balaban J connectivity index is 1.21. The molecule has 0 amide bonds. The minimum absolute atomic E-state index is 0.126. The first-order chi connectivity index (χ1) is 27.6. The molecular weight excluding hydrogens is 687 g/mol. The van der Waals surface area contributed by atoms with E-state index in [9.17, 15) is 0 Å². The Kier molecular flexibility index (Phi) is 8.03. The molecule has 2 aliphatic carbocycles. The Morgan fingerprint density at radius 3 is 1.30 bits per heavy atom. The molecule has 0 heterocycles. The topological polar surface area (TPSA) is 3.24 Å². The molecule has 0 saturated heterocycles. The highest BCUT2D eigenvalue weighted by Gasteiger charge is 2.38. The van der Waals surface area contributed by atoms with E-state index >= 15 is 0 Å². The number of anilines is 3. The summed E-state index contributed by atoms with van der Waals surface area (Å²) in [6.45, 7) is 14.0. The van der Waals surface area contributed by atoms with Gasteiger partial charge in [-0.25, -0.2) is 0 Å². The Bertz CT molecular complexity index is 2750.